The highest BCUT2D eigenvalue weighted by Gasteiger charge is 2.48. The number of ether oxygens (including phenoxy) is 2. The van der Waals surface area contributed by atoms with Gasteiger partial charge in [0.2, 0.25) is 19.3 Å². The number of nitrogens with zero attached hydrogens (tertiary/aromatic N) is 6. The maximum absolute atomic E-state index is 12.8. The lowest BCUT2D eigenvalue weighted by Crippen LogP contribution is -2.33. The standard InChI is InChI=1S/C22H31N10O16P3/c23-21-27-15-9(17(37)29-21)25-3-31(15)19-13(35)11(33)7(47-19)1-45-50(41,42)5-49(39,40)6-51(43,44)46-2-8-12(34)14(36)20(48-8)32-4-26-10-16(32)28-22(24)30-18(10)38/h3-4,7-8,11-14,19-20,33-36H,1-2,5-6H2,(H,39,40)(H,41,42)(H,43,44)(H3,23,27,29,37)(H3,24,28,30,38)/t7-,8-,11-,12-,13-,14-,19-,20-/m1/s1. The Bertz CT molecular complexity index is 2080. The van der Waals surface area contributed by atoms with Crippen molar-refractivity contribution in [3.05, 3.63) is 33.4 Å². The van der Waals surface area contributed by atoms with Crippen molar-refractivity contribution in [1.82, 2.24) is 39.0 Å². The lowest BCUT2D eigenvalue weighted by atomic mass is 10.1. The molecule has 0 bridgehead atoms. The fourth-order valence-corrected chi connectivity index (χ4v) is 12.6. The van der Waals surface area contributed by atoms with Crippen LogP contribution >= 0.6 is 22.6 Å². The van der Waals surface area contributed by atoms with Crippen molar-refractivity contribution in [1.29, 1.82) is 0 Å². The minimum Gasteiger partial charge on any atom is -0.387 e. The molecule has 29 heteroatoms. The van der Waals surface area contributed by atoms with Crippen LogP contribution in [0, 0.1) is 0 Å². The van der Waals surface area contributed by atoms with Crippen LogP contribution < -0.4 is 22.6 Å². The van der Waals surface area contributed by atoms with Crippen LogP contribution in [0.15, 0.2) is 22.2 Å². The quantitative estimate of drug-likeness (QED) is 0.0614. The van der Waals surface area contributed by atoms with E-state index < -0.39 is 108 Å². The van der Waals surface area contributed by atoms with E-state index in [-0.39, 0.29) is 34.2 Å². The SMILES string of the molecule is Nc1nc2c(ncn2[C@@H]2O[C@H](COP(=O)(O)CP(=O)(O)CP(=O)(O)OC[C@H]3O[C@@H](n4cnc5c(=O)[nH]c(N)nc54)[C@H](O)[C@@H]3O)[C@@H](O)[C@H]2O)c(=O)[nH]1. The summed E-state index contributed by atoms with van der Waals surface area (Å²) in [6, 6.07) is 0. The largest absolute Gasteiger partial charge is 0.387 e. The molecule has 0 aromatic carbocycles. The average molecular weight is 784 g/mol. The predicted molar refractivity (Wildman–Crippen MR) is 168 cm³/mol. The second-order valence-corrected chi connectivity index (χ2v) is 18.7. The fourth-order valence-electron chi connectivity index (χ4n) is 5.52. The Morgan fingerprint density at radius 1 is 0.706 bits per heavy atom. The summed E-state index contributed by atoms with van der Waals surface area (Å²) in [4.78, 5) is 75.1. The molecule has 2 unspecified atom stereocenters. The third kappa shape index (κ3) is 7.56. The van der Waals surface area contributed by atoms with Crippen LogP contribution in [-0.2, 0) is 32.2 Å². The molecule has 13 N–H and O–H groups in total. The van der Waals surface area contributed by atoms with Crippen LogP contribution in [0.4, 0.5) is 11.9 Å². The van der Waals surface area contributed by atoms with Gasteiger partial charge >= 0.3 is 15.2 Å². The third-order valence-corrected chi connectivity index (χ3v) is 15.3. The van der Waals surface area contributed by atoms with Crippen molar-refractivity contribution in [2.75, 3.05) is 36.5 Å². The summed E-state index contributed by atoms with van der Waals surface area (Å²) >= 11 is 0. The first-order valence-electron chi connectivity index (χ1n) is 14.5. The number of aliphatic hydroxyl groups is 4. The van der Waals surface area contributed by atoms with E-state index in [0.717, 1.165) is 21.8 Å². The number of nitrogens with one attached hydrogen (secondary N) is 2. The number of aromatic amines is 2. The monoisotopic (exact) mass is 784 g/mol. The molecular formula is C22H31N10O16P3. The molecule has 0 radical (unpaired) electrons. The fraction of sp³-hybridized carbons (Fsp3) is 0.545. The molecule has 4 aromatic rings. The maximum Gasteiger partial charge on any atom is 0.337 e. The number of fused-ring (bicyclic) bond motifs is 2. The molecule has 4 aromatic heterocycles. The van der Waals surface area contributed by atoms with Crippen LogP contribution in [0.1, 0.15) is 12.5 Å². The van der Waals surface area contributed by atoms with Gasteiger partial charge in [0.15, 0.2) is 34.8 Å². The van der Waals surface area contributed by atoms with Crippen molar-refractivity contribution < 1.29 is 67.3 Å². The Hall–Kier alpha value is -3.45. The van der Waals surface area contributed by atoms with E-state index in [1.807, 2.05) is 0 Å². The molecule has 2 saturated heterocycles. The molecule has 2 aliphatic rings. The zero-order valence-corrected chi connectivity index (χ0v) is 28.3. The number of aromatic nitrogens is 8. The summed E-state index contributed by atoms with van der Waals surface area (Å²) in [6.45, 7) is -1.83. The lowest BCUT2D eigenvalue weighted by Gasteiger charge is -2.22. The Labute approximate surface area is 282 Å². The van der Waals surface area contributed by atoms with Crippen molar-refractivity contribution in [3.8, 4) is 0 Å². The Balaban J connectivity index is 1.04. The van der Waals surface area contributed by atoms with Gasteiger partial charge < -0.3 is 65.1 Å². The molecule has 6 heterocycles. The Kier molecular flexibility index (Phi) is 9.88. The van der Waals surface area contributed by atoms with E-state index in [1.165, 1.54) is 0 Å². The summed E-state index contributed by atoms with van der Waals surface area (Å²) in [5.74, 6) is -3.66. The number of aliphatic hydroxyl groups excluding tert-OH is 4. The number of hydrogen-bond donors (Lipinski definition) is 11. The molecule has 280 valence electrons. The molecule has 0 spiro atoms. The number of rotatable bonds is 12. The summed E-state index contributed by atoms with van der Waals surface area (Å²) in [5, 5.41) is 42.1. The number of anilines is 2. The molecule has 51 heavy (non-hydrogen) atoms. The summed E-state index contributed by atoms with van der Waals surface area (Å²) < 4.78 is 61.3. The molecule has 0 aliphatic carbocycles. The normalized spacial score (nSPS) is 30.4. The number of imidazole rings is 2. The number of hydrogen-bond acceptors (Lipinski definition) is 19. The van der Waals surface area contributed by atoms with E-state index >= 15 is 0 Å². The van der Waals surface area contributed by atoms with Gasteiger partial charge in [-0.1, -0.05) is 0 Å². The van der Waals surface area contributed by atoms with E-state index in [4.69, 9.17) is 30.0 Å². The van der Waals surface area contributed by atoms with Crippen LogP contribution in [0.3, 0.4) is 0 Å². The minimum atomic E-state index is -5.06. The van der Waals surface area contributed by atoms with Gasteiger partial charge in [0.25, 0.3) is 11.1 Å². The van der Waals surface area contributed by atoms with Crippen LogP contribution in [-0.4, -0.2) is 136 Å². The van der Waals surface area contributed by atoms with E-state index in [0.29, 0.717) is 0 Å². The Morgan fingerprint density at radius 2 is 1.08 bits per heavy atom. The first-order valence-corrected chi connectivity index (χ1v) is 20.0. The molecular weight excluding hydrogens is 753 g/mol. The Morgan fingerprint density at radius 3 is 1.45 bits per heavy atom. The number of nitrogen functional groups attached to an aromatic ring is 2. The zero-order valence-electron chi connectivity index (χ0n) is 25.6. The molecule has 2 fully saturated rings. The predicted octanol–water partition coefficient (Wildman–Crippen LogP) is -3.75. The lowest BCUT2D eigenvalue weighted by molar-refractivity contribution is -0.0484. The highest BCUT2D eigenvalue weighted by atomic mass is 31.3. The molecule has 26 nitrogen and oxygen atoms in total. The second-order valence-electron chi connectivity index (χ2n) is 11.6. The van der Waals surface area contributed by atoms with Gasteiger partial charge in [0.05, 0.1) is 25.9 Å². The average Bonchev–Trinajstić information content (AvgIpc) is 3.76. The highest BCUT2D eigenvalue weighted by Crippen LogP contribution is 2.65. The van der Waals surface area contributed by atoms with Crippen molar-refractivity contribution in [2.24, 2.45) is 0 Å². The first-order chi connectivity index (χ1) is 23.8. The van der Waals surface area contributed by atoms with Crippen molar-refractivity contribution in [2.45, 2.75) is 49.1 Å². The van der Waals surface area contributed by atoms with Gasteiger partial charge in [-0.3, -0.25) is 42.4 Å². The van der Waals surface area contributed by atoms with Gasteiger partial charge in [-0.25, -0.2) is 9.97 Å². The smallest absolute Gasteiger partial charge is 0.337 e. The van der Waals surface area contributed by atoms with E-state index in [9.17, 15) is 58.4 Å². The molecule has 10 atom stereocenters. The van der Waals surface area contributed by atoms with Crippen molar-refractivity contribution in [3.63, 3.8) is 0 Å². The molecule has 0 saturated carbocycles. The maximum atomic E-state index is 12.8. The van der Waals surface area contributed by atoms with Crippen molar-refractivity contribution >= 4 is 56.8 Å². The topological polar surface area (TPSA) is 409 Å². The van der Waals surface area contributed by atoms with Gasteiger partial charge in [-0.05, 0) is 0 Å². The molecule has 0 amide bonds. The van der Waals surface area contributed by atoms with Crippen LogP contribution in [0.5, 0.6) is 0 Å². The van der Waals surface area contributed by atoms with Gasteiger partial charge in [-0.2, -0.15) is 9.97 Å². The van der Waals surface area contributed by atoms with Gasteiger partial charge in [0, 0.05) is 0 Å². The minimum absolute atomic E-state index is 0.115. The molecule has 2 aliphatic heterocycles. The number of nitrogens with two attached hydrogens (primary N) is 2. The summed E-state index contributed by atoms with van der Waals surface area (Å²) in [6.07, 6.45) is -10.6. The molecule has 6 rings (SSSR count). The van der Waals surface area contributed by atoms with Gasteiger partial charge in [-0.15, -0.1) is 0 Å². The number of H-pyrrole nitrogens is 2. The van der Waals surface area contributed by atoms with Crippen LogP contribution in [0.25, 0.3) is 22.3 Å². The summed E-state index contributed by atoms with van der Waals surface area (Å²) in [7, 11) is -15.1. The first kappa shape index (κ1) is 37.3. The zero-order chi connectivity index (χ0) is 37.2. The summed E-state index contributed by atoms with van der Waals surface area (Å²) in [5.41, 5.74) is 9.16. The second kappa shape index (κ2) is 13.5. The van der Waals surface area contributed by atoms with Gasteiger partial charge in [0.1, 0.15) is 48.4 Å². The van der Waals surface area contributed by atoms with E-state index in [2.05, 4.69) is 29.9 Å². The third-order valence-electron chi connectivity index (χ3n) is 7.80. The highest BCUT2D eigenvalue weighted by molar-refractivity contribution is 7.79. The van der Waals surface area contributed by atoms with Crippen LogP contribution in [0.2, 0.25) is 0 Å². The van der Waals surface area contributed by atoms with E-state index in [1.54, 1.807) is 0 Å².